The smallest absolute Gasteiger partial charge is 0.227 e. The van der Waals surface area contributed by atoms with Gasteiger partial charge in [0.25, 0.3) is 0 Å². The molecule has 2 fully saturated rings. The van der Waals surface area contributed by atoms with Gasteiger partial charge in [-0.2, -0.15) is 0 Å². The second-order valence-electron chi connectivity index (χ2n) is 7.48. The molecule has 1 aromatic carbocycles. The lowest BCUT2D eigenvalue weighted by Gasteiger charge is -2.27. The van der Waals surface area contributed by atoms with Crippen LogP contribution in [0.3, 0.4) is 0 Å². The topological polar surface area (TPSA) is 78.4 Å². The zero-order chi connectivity index (χ0) is 20.2. The van der Waals surface area contributed by atoms with Crippen LogP contribution in [0, 0.1) is 11.7 Å². The minimum atomic E-state index is -0.446. The standard InChI is InChI=1S/C21H24FN5O2/c22-16-4-6-17(7-5-16)27-14-15(12-20(27)28)21(29)24-13-18-23-9-8-19(25-18)26-10-2-1-3-11-26/h4-9,15H,1-3,10-14H2,(H,24,29). The predicted molar refractivity (Wildman–Crippen MR) is 107 cm³/mol. The van der Waals surface area contributed by atoms with Crippen LogP contribution in [0.15, 0.2) is 36.5 Å². The van der Waals surface area contributed by atoms with Gasteiger partial charge in [0.2, 0.25) is 11.8 Å². The highest BCUT2D eigenvalue weighted by atomic mass is 19.1. The number of amides is 2. The zero-order valence-electron chi connectivity index (χ0n) is 16.2. The van der Waals surface area contributed by atoms with E-state index in [0.29, 0.717) is 11.5 Å². The molecule has 1 N–H and O–H groups in total. The third-order valence-electron chi connectivity index (χ3n) is 5.43. The fourth-order valence-electron chi connectivity index (χ4n) is 3.84. The summed E-state index contributed by atoms with van der Waals surface area (Å²) in [7, 11) is 0. The Labute approximate surface area is 168 Å². The molecule has 3 heterocycles. The number of nitrogens with zero attached hydrogens (tertiary/aromatic N) is 4. The molecule has 29 heavy (non-hydrogen) atoms. The second-order valence-corrected chi connectivity index (χ2v) is 7.48. The van der Waals surface area contributed by atoms with Crippen molar-refractivity contribution < 1.29 is 14.0 Å². The molecular formula is C21H24FN5O2. The number of benzene rings is 1. The molecule has 2 aliphatic heterocycles. The van der Waals surface area contributed by atoms with E-state index in [1.165, 1.54) is 23.5 Å². The molecule has 152 valence electrons. The molecule has 2 aliphatic rings. The summed E-state index contributed by atoms with van der Waals surface area (Å²) in [6.07, 6.45) is 5.43. The second kappa shape index (κ2) is 8.55. The summed E-state index contributed by atoms with van der Waals surface area (Å²) in [6, 6.07) is 7.61. The van der Waals surface area contributed by atoms with E-state index in [9.17, 15) is 14.0 Å². The molecule has 0 bridgehead atoms. The number of hydrogen-bond acceptors (Lipinski definition) is 5. The van der Waals surface area contributed by atoms with Gasteiger partial charge in [0.05, 0.1) is 12.5 Å². The van der Waals surface area contributed by atoms with Gasteiger partial charge in [0, 0.05) is 37.9 Å². The van der Waals surface area contributed by atoms with Crippen LogP contribution in [0.5, 0.6) is 0 Å². The molecule has 4 rings (SSSR count). The quantitative estimate of drug-likeness (QED) is 0.838. The van der Waals surface area contributed by atoms with Gasteiger partial charge < -0.3 is 15.1 Å². The third kappa shape index (κ3) is 4.52. The summed E-state index contributed by atoms with van der Waals surface area (Å²) in [4.78, 5) is 37.4. The van der Waals surface area contributed by atoms with Gasteiger partial charge in [-0.25, -0.2) is 14.4 Å². The summed E-state index contributed by atoms with van der Waals surface area (Å²) in [6.45, 7) is 2.49. The van der Waals surface area contributed by atoms with Crippen LogP contribution >= 0.6 is 0 Å². The number of rotatable bonds is 5. The van der Waals surface area contributed by atoms with Gasteiger partial charge >= 0.3 is 0 Å². The van der Waals surface area contributed by atoms with Crippen molar-refractivity contribution in [2.75, 3.05) is 29.4 Å². The van der Waals surface area contributed by atoms with E-state index in [2.05, 4.69) is 20.2 Å². The van der Waals surface area contributed by atoms with Gasteiger partial charge in [-0.1, -0.05) is 0 Å². The lowest BCUT2D eigenvalue weighted by molar-refractivity contribution is -0.126. The van der Waals surface area contributed by atoms with E-state index >= 15 is 0 Å². The van der Waals surface area contributed by atoms with Crippen molar-refractivity contribution in [3.63, 3.8) is 0 Å². The van der Waals surface area contributed by atoms with E-state index in [1.807, 2.05) is 6.07 Å². The fourth-order valence-corrected chi connectivity index (χ4v) is 3.84. The molecule has 0 saturated carbocycles. The minimum absolute atomic E-state index is 0.137. The lowest BCUT2D eigenvalue weighted by atomic mass is 10.1. The van der Waals surface area contributed by atoms with E-state index in [0.717, 1.165) is 31.7 Å². The zero-order valence-corrected chi connectivity index (χ0v) is 16.2. The maximum absolute atomic E-state index is 13.1. The Bertz CT molecular complexity index is 883. The molecule has 7 nitrogen and oxygen atoms in total. The van der Waals surface area contributed by atoms with Crippen LogP contribution in [0.25, 0.3) is 0 Å². The average molecular weight is 397 g/mol. The minimum Gasteiger partial charge on any atom is -0.357 e. The average Bonchev–Trinajstić information content (AvgIpc) is 3.15. The Morgan fingerprint density at radius 3 is 2.66 bits per heavy atom. The van der Waals surface area contributed by atoms with Gasteiger partial charge in [-0.15, -0.1) is 0 Å². The molecule has 0 spiro atoms. The van der Waals surface area contributed by atoms with Gasteiger partial charge in [-0.3, -0.25) is 9.59 Å². The molecule has 1 aromatic heterocycles. The number of piperidine rings is 1. The van der Waals surface area contributed by atoms with Gasteiger partial charge in [-0.05, 0) is 49.6 Å². The van der Waals surface area contributed by atoms with Crippen molar-refractivity contribution in [3.8, 4) is 0 Å². The summed E-state index contributed by atoms with van der Waals surface area (Å²) in [5, 5.41) is 2.85. The number of carbonyl (C=O) groups excluding carboxylic acids is 2. The molecule has 1 atom stereocenters. The summed E-state index contributed by atoms with van der Waals surface area (Å²) in [5.41, 5.74) is 0.601. The van der Waals surface area contributed by atoms with Crippen molar-refractivity contribution in [2.24, 2.45) is 5.92 Å². The van der Waals surface area contributed by atoms with E-state index < -0.39 is 5.92 Å². The third-order valence-corrected chi connectivity index (χ3v) is 5.43. The molecule has 0 radical (unpaired) electrons. The Kier molecular flexibility index (Phi) is 5.69. The molecule has 1 unspecified atom stereocenters. The number of anilines is 2. The highest BCUT2D eigenvalue weighted by Crippen LogP contribution is 2.25. The van der Waals surface area contributed by atoms with Crippen molar-refractivity contribution in [2.45, 2.75) is 32.2 Å². The number of nitrogens with one attached hydrogen (secondary N) is 1. The SMILES string of the molecule is O=C(NCc1nccc(N2CCCCC2)n1)C1CC(=O)N(c2ccc(F)cc2)C1. The lowest BCUT2D eigenvalue weighted by Crippen LogP contribution is -2.33. The van der Waals surface area contributed by atoms with E-state index in [1.54, 1.807) is 18.3 Å². The molecule has 2 saturated heterocycles. The van der Waals surface area contributed by atoms with Crippen LogP contribution < -0.4 is 15.1 Å². The number of halogens is 1. The van der Waals surface area contributed by atoms with Crippen LogP contribution in [0.1, 0.15) is 31.5 Å². The molecule has 0 aliphatic carbocycles. The molecule has 8 heteroatoms. The molecule has 2 aromatic rings. The highest BCUT2D eigenvalue weighted by molar-refractivity contribution is 6.00. The monoisotopic (exact) mass is 397 g/mol. The fraction of sp³-hybridized carbons (Fsp3) is 0.429. The maximum atomic E-state index is 13.1. The predicted octanol–water partition coefficient (Wildman–Crippen LogP) is 2.28. The normalized spacial score (nSPS) is 19.5. The number of hydrogen-bond donors (Lipinski definition) is 1. The number of carbonyl (C=O) groups is 2. The summed E-state index contributed by atoms with van der Waals surface area (Å²) in [5.74, 6) is 0.304. The van der Waals surface area contributed by atoms with Crippen LogP contribution in [0.4, 0.5) is 15.9 Å². The maximum Gasteiger partial charge on any atom is 0.227 e. The van der Waals surface area contributed by atoms with Crippen molar-refractivity contribution >= 4 is 23.3 Å². The Morgan fingerprint density at radius 2 is 1.90 bits per heavy atom. The van der Waals surface area contributed by atoms with E-state index in [-0.39, 0.29) is 37.1 Å². The first-order valence-electron chi connectivity index (χ1n) is 10.0. The van der Waals surface area contributed by atoms with Gasteiger partial charge in [0.1, 0.15) is 17.5 Å². The van der Waals surface area contributed by atoms with Crippen molar-refractivity contribution in [1.82, 2.24) is 15.3 Å². The van der Waals surface area contributed by atoms with Crippen molar-refractivity contribution in [1.29, 1.82) is 0 Å². The van der Waals surface area contributed by atoms with Crippen LogP contribution in [-0.4, -0.2) is 41.4 Å². The van der Waals surface area contributed by atoms with E-state index in [4.69, 9.17) is 0 Å². The van der Waals surface area contributed by atoms with Crippen LogP contribution in [0.2, 0.25) is 0 Å². The largest absolute Gasteiger partial charge is 0.357 e. The summed E-state index contributed by atoms with van der Waals surface area (Å²) >= 11 is 0. The van der Waals surface area contributed by atoms with Crippen molar-refractivity contribution in [3.05, 3.63) is 48.2 Å². The molecular weight excluding hydrogens is 373 g/mol. The van der Waals surface area contributed by atoms with Crippen LogP contribution in [-0.2, 0) is 16.1 Å². The first-order valence-corrected chi connectivity index (χ1v) is 10.0. The first kappa shape index (κ1) is 19.3. The molecule has 2 amide bonds. The Hall–Kier alpha value is -3.03. The number of aromatic nitrogens is 2. The summed E-state index contributed by atoms with van der Waals surface area (Å²) < 4.78 is 13.1. The Morgan fingerprint density at radius 1 is 1.14 bits per heavy atom. The first-order chi connectivity index (χ1) is 14.1. The Balaban J connectivity index is 1.34. The highest BCUT2D eigenvalue weighted by Gasteiger charge is 2.35. The van der Waals surface area contributed by atoms with Gasteiger partial charge in [0.15, 0.2) is 0 Å².